The molecular weight excluding hydrogens is 468 g/mol. The van der Waals surface area contributed by atoms with Crippen molar-refractivity contribution in [1.82, 2.24) is 9.88 Å². The molecule has 0 saturated carbocycles. The van der Waals surface area contributed by atoms with Crippen LogP contribution in [-0.2, 0) is 11.2 Å². The van der Waals surface area contributed by atoms with E-state index in [4.69, 9.17) is 25.8 Å². The predicted octanol–water partition coefficient (Wildman–Crippen LogP) is 4.05. The molecule has 0 bridgehead atoms. The zero-order chi connectivity index (χ0) is 23.4. The van der Waals surface area contributed by atoms with Crippen LogP contribution in [0.1, 0.15) is 17.4 Å². The van der Waals surface area contributed by atoms with E-state index >= 15 is 0 Å². The van der Waals surface area contributed by atoms with Crippen molar-refractivity contribution in [1.29, 1.82) is 0 Å². The van der Waals surface area contributed by atoms with Gasteiger partial charge in [0.15, 0.2) is 6.10 Å². The molecule has 1 saturated heterocycles. The van der Waals surface area contributed by atoms with Gasteiger partial charge in [-0.15, -0.1) is 0 Å². The second-order valence-corrected chi connectivity index (χ2v) is 9.20. The molecule has 2 aromatic carbocycles. The smallest absolute Gasteiger partial charge is 0.410 e. The normalized spacial score (nSPS) is 16.5. The minimum atomic E-state index is -0.397. The van der Waals surface area contributed by atoms with Crippen LogP contribution in [0.2, 0.25) is 5.02 Å². The second-order valence-electron chi connectivity index (χ2n) is 7.69. The molecule has 1 amide bonds. The molecule has 0 spiro atoms. The molecule has 1 aliphatic heterocycles. The van der Waals surface area contributed by atoms with Crippen molar-refractivity contribution in [2.75, 3.05) is 19.8 Å². The number of nitrogens with zero attached hydrogens (tertiary/aromatic N) is 1. The zero-order valence-corrected chi connectivity index (χ0v) is 19.4. The Morgan fingerprint density at radius 3 is 2.70 bits per heavy atom. The highest BCUT2D eigenvalue weighted by molar-refractivity contribution is 7.09. The number of aromatic amines is 1. The summed E-state index contributed by atoms with van der Waals surface area (Å²) in [6, 6.07) is 14.2. The number of H-pyrrole nitrogens is 1. The minimum Gasteiger partial charge on any atom is -0.494 e. The number of ether oxygens (including phenoxy) is 3. The Labute approximate surface area is 199 Å². The molecule has 8 nitrogen and oxygen atoms in total. The molecule has 0 aliphatic carbocycles. The van der Waals surface area contributed by atoms with Gasteiger partial charge in [-0.25, -0.2) is 4.79 Å². The number of thiazole rings is 1. The van der Waals surface area contributed by atoms with Crippen molar-refractivity contribution in [3.63, 3.8) is 0 Å². The van der Waals surface area contributed by atoms with Gasteiger partial charge in [-0.2, -0.15) is 0 Å². The van der Waals surface area contributed by atoms with Gasteiger partial charge < -0.3 is 19.3 Å². The number of cyclic esters (lactones) is 1. The molecule has 10 heteroatoms. The van der Waals surface area contributed by atoms with Crippen LogP contribution in [0.3, 0.4) is 0 Å². The van der Waals surface area contributed by atoms with E-state index in [2.05, 4.69) is 4.98 Å². The first-order chi connectivity index (χ1) is 15.9. The molecule has 33 heavy (non-hydrogen) atoms. The van der Waals surface area contributed by atoms with Crippen molar-refractivity contribution >= 4 is 29.0 Å². The van der Waals surface area contributed by atoms with Crippen molar-refractivity contribution in [2.24, 2.45) is 0 Å². The Balaban J connectivity index is 1.25. The third-order valence-corrected chi connectivity index (χ3v) is 6.25. The number of carbonyl (C=O) groups is 1. The molecule has 2 heterocycles. The molecule has 174 valence electrons. The van der Waals surface area contributed by atoms with Gasteiger partial charge in [-0.1, -0.05) is 41.1 Å². The lowest BCUT2D eigenvalue weighted by molar-refractivity contribution is 0.100. The summed E-state index contributed by atoms with van der Waals surface area (Å²) in [5.41, 5.74) is 0.937. The number of halogens is 1. The van der Waals surface area contributed by atoms with Crippen LogP contribution in [-0.4, -0.2) is 53.0 Å². The maximum absolute atomic E-state index is 12.3. The van der Waals surface area contributed by atoms with Crippen LogP contribution >= 0.6 is 22.9 Å². The van der Waals surface area contributed by atoms with Gasteiger partial charge in [0.05, 0.1) is 17.5 Å². The number of hydrogen-bond acceptors (Lipinski definition) is 7. The van der Waals surface area contributed by atoms with Crippen molar-refractivity contribution in [3.8, 4) is 17.4 Å². The highest BCUT2D eigenvalue weighted by Crippen LogP contribution is 2.23. The summed E-state index contributed by atoms with van der Waals surface area (Å²) in [7, 11) is 0. The molecule has 3 aromatic rings. The fourth-order valence-electron chi connectivity index (χ4n) is 3.40. The van der Waals surface area contributed by atoms with Crippen LogP contribution in [0.25, 0.3) is 0 Å². The van der Waals surface area contributed by atoms with Crippen molar-refractivity contribution in [2.45, 2.75) is 25.5 Å². The highest BCUT2D eigenvalue weighted by Gasteiger charge is 2.35. The van der Waals surface area contributed by atoms with E-state index in [1.54, 1.807) is 29.2 Å². The summed E-state index contributed by atoms with van der Waals surface area (Å²) in [5, 5.41) is 10.3. The lowest BCUT2D eigenvalue weighted by atomic mass is 10.1. The maximum atomic E-state index is 12.3. The molecule has 1 aromatic heterocycles. The minimum absolute atomic E-state index is 0.0899. The summed E-state index contributed by atoms with van der Waals surface area (Å²) in [4.78, 5) is 27.9. The van der Waals surface area contributed by atoms with Gasteiger partial charge in [0.25, 0.3) is 0 Å². The molecule has 2 atom stereocenters. The first kappa shape index (κ1) is 23.0. The second kappa shape index (κ2) is 10.2. The SMILES string of the molecule is CC(COc1ccc(Cc2sc(=O)[nH]c2O)cc1)N1CC(COc2cccc(Cl)c2)OC1=O. The van der Waals surface area contributed by atoms with E-state index in [9.17, 15) is 14.7 Å². The van der Waals surface area contributed by atoms with E-state index in [0.29, 0.717) is 41.0 Å². The molecular formula is C23H23ClN2O6S. The molecule has 0 radical (unpaired) electrons. The molecule has 1 aliphatic rings. The van der Waals surface area contributed by atoms with Gasteiger partial charge >= 0.3 is 11.0 Å². The number of rotatable bonds is 9. The topological polar surface area (TPSA) is 101 Å². The Kier molecular flexibility index (Phi) is 7.10. The largest absolute Gasteiger partial charge is 0.494 e. The summed E-state index contributed by atoms with van der Waals surface area (Å²) in [6.07, 6.45) is -0.324. The lowest BCUT2D eigenvalue weighted by Crippen LogP contribution is -2.38. The van der Waals surface area contributed by atoms with Crippen molar-refractivity contribution < 1.29 is 24.1 Å². The quantitative estimate of drug-likeness (QED) is 0.469. The van der Waals surface area contributed by atoms with Gasteiger partial charge in [0.1, 0.15) is 24.7 Å². The summed E-state index contributed by atoms with van der Waals surface area (Å²) in [5.74, 6) is 1.19. The summed E-state index contributed by atoms with van der Waals surface area (Å²) in [6.45, 7) is 2.85. The van der Waals surface area contributed by atoms with E-state index in [1.165, 1.54) is 0 Å². The standard InChI is InChI=1S/C23H23ClN2O6S/c1-14(26-11-19(32-23(26)29)13-31-18-4-2-3-16(24)10-18)12-30-17-7-5-15(6-8-17)9-20-21(27)25-22(28)33-20/h2-8,10,14,19,27H,9,11-13H2,1H3,(H,25,28). The molecule has 1 fully saturated rings. The van der Waals surface area contributed by atoms with E-state index in [1.807, 2.05) is 31.2 Å². The molecule has 4 rings (SSSR count). The third-order valence-electron chi connectivity index (χ3n) is 5.15. The van der Waals surface area contributed by atoms with Crippen LogP contribution in [0.4, 0.5) is 4.79 Å². The number of benzene rings is 2. The summed E-state index contributed by atoms with van der Waals surface area (Å²) < 4.78 is 16.9. The van der Waals surface area contributed by atoms with Gasteiger partial charge in [0, 0.05) is 11.4 Å². The van der Waals surface area contributed by atoms with Gasteiger partial charge in [-0.3, -0.25) is 14.7 Å². The number of aromatic hydroxyl groups is 1. The Bertz CT molecular complexity index is 1160. The highest BCUT2D eigenvalue weighted by atomic mass is 35.5. The number of carbonyl (C=O) groups excluding carboxylic acids is 1. The Morgan fingerprint density at radius 2 is 2.00 bits per heavy atom. The third kappa shape index (κ3) is 6.00. The average Bonchev–Trinajstić information content (AvgIpc) is 3.32. The Hall–Kier alpha value is -3.17. The average molecular weight is 491 g/mol. The van der Waals surface area contributed by atoms with Gasteiger partial charge in [-0.05, 0) is 42.8 Å². The Morgan fingerprint density at radius 1 is 1.21 bits per heavy atom. The lowest BCUT2D eigenvalue weighted by Gasteiger charge is -2.22. The number of nitrogens with one attached hydrogen (secondary N) is 1. The van der Waals surface area contributed by atoms with Crippen molar-refractivity contribution in [3.05, 3.63) is 73.7 Å². The first-order valence-corrected chi connectivity index (χ1v) is 11.5. The van der Waals surface area contributed by atoms with Gasteiger partial charge in [0.2, 0.25) is 5.88 Å². The molecule has 2 unspecified atom stereocenters. The van der Waals surface area contributed by atoms with Crippen LogP contribution < -0.4 is 14.3 Å². The first-order valence-electron chi connectivity index (χ1n) is 10.4. The zero-order valence-electron chi connectivity index (χ0n) is 17.8. The van der Waals surface area contributed by atoms with E-state index < -0.39 is 6.09 Å². The number of hydrogen-bond donors (Lipinski definition) is 2. The summed E-state index contributed by atoms with van der Waals surface area (Å²) >= 11 is 6.94. The van der Waals surface area contributed by atoms with Crippen LogP contribution in [0.5, 0.6) is 17.4 Å². The number of amides is 1. The van der Waals surface area contributed by atoms with E-state index in [-0.39, 0.29) is 29.5 Å². The van der Waals surface area contributed by atoms with Crippen LogP contribution in [0, 0.1) is 0 Å². The molecule has 2 N–H and O–H groups in total. The fraction of sp³-hybridized carbons (Fsp3) is 0.304. The maximum Gasteiger partial charge on any atom is 0.410 e. The number of aromatic nitrogens is 1. The monoisotopic (exact) mass is 490 g/mol. The predicted molar refractivity (Wildman–Crippen MR) is 125 cm³/mol. The van der Waals surface area contributed by atoms with Crippen LogP contribution in [0.15, 0.2) is 53.3 Å². The fourth-order valence-corrected chi connectivity index (χ4v) is 4.34. The van der Waals surface area contributed by atoms with E-state index in [0.717, 1.165) is 16.9 Å².